The van der Waals surface area contributed by atoms with Gasteiger partial charge in [-0.25, -0.2) is 14.4 Å². The molecule has 30 nitrogen and oxygen atoms in total. The number of hydrogen-bond acceptors (Lipinski definition) is 25. The van der Waals surface area contributed by atoms with Crippen molar-refractivity contribution in [2.24, 2.45) is 16.0 Å². The zero-order valence-electron chi connectivity index (χ0n) is 34.1. The lowest BCUT2D eigenvalue weighted by Gasteiger charge is -2.15. The number of thioether (sulfide) groups is 2. The van der Waals surface area contributed by atoms with E-state index in [9.17, 15) is 63.5 Å². The molecule has 2 amide bonds. The molecule has 6 aromatic rings. The topological polar surface area (TPSA) is 470 Å². The van der Waals surface area contributed by atoms with Crippen molar-refractivity contribution in [1.29, 1.82) is 0 Å². The van der Waals surface area contributed by atoms with Crippen LogP contribution in [0.2, 0.25) is 21.1 Å². The average molecular weight is 1160 g/mol. The number of carbonyl (C=O) groups is 3. The number of aromatic nitrogens is 9. The lowest BCUT2D eigenvalue weighted by Crippen LogP contribution is -2.33. The van der Waals surface area contributed by atoms with Gasteiger partial charge in [-0.15, -0.1) is 5.11 Å². The van der Waals surface area contributed by atoms with Crippen LogP contribution in [-0.4, -0.2) is 136 Å². The summed E-state index contributed by atoms with van der Waals surface area (Å²) in [5.41, 5.74) is 4.52. The number of anilines is 5. The normalized spacial score (nSPS) is 12.9. The van der Waals surface area contributed by atoms with Gasteiger partial charge in [0.15, 0.2) is 10.3 Å². The molecule has 0 aliphatic carbocycles. The van der Waals surface area contributed by atoms with Crippen LogP contribution in [0.5, 0.6) is 0 Å². The molecule has 3 aromatic heterocycles. The number of nitrogens with zero attached hydrogens (tertiary/aromatic N) is 11. The highest BCUT2D eigenvalue weighted by Gasteiger charge is 2.27. The monoisotopic (exact) mass is 1160 g/mol. The Kier molecular flexibility index (Phi) is 16.8. The van der Waals surface area contributed by atoms with Crippen molar-refractivity contribution in [2.75, 3.05) is 32.8 Å². The molecule has 2 atom stereocenters. The van der Waals surface area contributed by atoms with Gasteiger partial charge in [0, 0.05) is 28.0 Å². The van der Waals surface area contributed by atoms with E-state index in [-0.39, 0.29) is 77.9 Å². The van der Waals surface area contributed by atoms with E-state index < -0.39 is 91.6 Å². The Morgan fingerprint density at radius 3 is 1.54 bits per heavy atom. The lowest BCUT2D eigenvalue weighted by atomic mass is 10.1. The Bertz CT molecular complexity index is 3390. The van der Waals surface area contributed by atoms with Crippen molar-refractivity contribution in [3.05, 3.63) is 63.6 Å². The Hall–Kier alpha value is -6.25. The third kappa shape index (κ3) is 14.9. The Morgan fingerprint density at radius 2 is 1.08 bits per heavy atom. The maximum atomic E-state index is 12.5. The van der Waals surface area contributed by atoms with Gasteiger partial charge in [-0.1, -0.05) is 23.5 Å². The Labute approximate surface area is 424 Å². The molecule has 0 radical (unpaired) electrons. The van der Waals surface area contributed by atoms with Crippen molar-refractivity contribution in [3.8, 4) is 0 Å². The van der Waals surface area contributed by atoms with Crippen LogP contribution in [0.15, 0.2) is 77.7 Å². The van der Waals surface area contributed by atoms with E-state index in [1.807, 2.05) is 0 Å². The molecule has 374 valence electrons. The molecular formula is C32H24Cl4N16O14S5. The van der Waals surface area contributed by atoms with Crippen molar-refractivity contribution < 1.29 is 63.5 Å². The number of primary amides is 1. The summed E-state index contributed by atoms with van der Waals surface area (Å²) in [5.74, 6) is -4.22. The highest BCUT2D eigenvalue weighted by atomic mass is 35.5. The Balaban J connectivity index is 1.35. The molecule has 0 spiro atoms. The molecule has 11 N–H and O–H groups in total. The molecule has 0 bridgehead atoms. The zero-order chi connectivity index (χ0) is 52.2. The van der Waals surface area contributed by atoms with Crippen LogP contribution in [-0.2, 0) is 39.9 Å². The lowest BCUT2D eigenvalue weighted by molar-refractivity contribution is -0.138. The van der Waals surface area contributed by atoms with Crippen LogP contribution in [0.3, 0.4) is 0 Å². The number of benzene rings is 3. The number of aliphatic carboxylic acids is 2. The van der Waals surface area contributed by atoms with Crippen LogP contribution in [0.4, 0.5) is 45.4 Å². The number of fused-ring (bicyclic) bond motifs is 1. The highest BCUT2D eigenvalue weighted by Crippen LogP contribution is 2.37. The van der Waals surface area contributed by atoms with Gasteiger partial charge in [-0.2, -0.15) is 75.2 Å². The predicted octanol–water partition coefficient (Wildman–Crippen LogP) is 4.71. The number of carboxylic acid groups (broad SMARTS) is 2. The minimum absolute atomic E-state index is 0.0694. The molecule has 0 aliphatic rings. The average Bonchev–Trinajstić information content (AvgIpc) is 3.23. The van der Waals surface area contributed by atoms with Crippen LogP contribution in [0.25, 0.3) is 10.8 Å². The third-order valence-corrected chi connectivity index (χ3v) is 13.5. The predicted molar refractivity (Wildman–Crippen MR) is 252 cm³/mol. The fourth-order valence-electron chi connectivity index (χ4n) is 5.44. The highest BCUT2D eigenvalue weighted by molar-refractivity contribution is 7.99. The largest absolute Gasteiger partial charge is 0.480 e. The minimum Gasteiger partial charge on any atom is -0.480 e. The van der Waals surface area contributed by atoms with Gasteiger partial charge >= 0.3 is 18.0 Å². The second-order valence-corrected chi connectivity index (χ2v) is 20.8. The number of amides is 2. The number of halogens is 4. The maximum Gasteiger partial charge on any atom is 0.327 e. The molecule has 3 heterocycles. The summed E-state index contributed by atoms with van der Waals surface area (Å²) in [5, 5.41) is 34.9. The molecule has 0 aliphatic heterocycles. The van der Waals surface area contributed by atoms with Gasteiger partial charge in [0.1, 0.15) is 27.6 Å². The van der Waals surface area contributed by atoms with Gasteiger partial charge in [0.05, 0.1) is 16.3 Å². The number of rotatable bonds is 20. The fourth-order valence-corrected chi connectivity index (χ4v) is 9.96. The summed E-state index contributed by atoms with van der Waals surface area (Å²) in [7, 11) is -15.9. The van der Waals surface area contributed by atoms with Gasteiger partial charge in [-0.3, -0.25) is 13.7 Å². The van der Waals surface area contributed by atoms with Crippen LogP contribution in [0.1, 0.15) is 0 Å². The van der Waals surface area contributed by atoms with E-state index in [2.05, 4.69) is 76.4 Å². The molecule has 6 rings (SSSR count). The van der Waals surface area contributed by atoms with Gasteiger partial charge in [0.25, 0.3) is 30.4 Å². The number of urea groups is 1. The molecule has 3 aromatic carbocycles. The number of carbonyl (C=O) groups excluding carboxylic acids is 1. The number of hydrogen-bond donors (Lipinski definition) is 10. The van der Waals surface area contributed by atoms with Crippen LogP contribution < -0.4 is 27.0 Å². The smallest absolute Gasteiger partial charge is 0.327 e. The third-order valence-electron chi connectivity index (χ3n) is 8.31. The summed E-state index contributed by atoms with van der Waals surface area (Å²) in [6.07, 6.45) is 0. The minimum atomic E-state index is -5.36. The summed E-state index contributed by atoms with van der Waals surface area (Å²) in [4.78, 5) is 68.5. The Morgan fingerprint density at radius 1 is 0.606 bits per heavy atom. The molecule has 2 unspecified atom stereocenters. The maximum absolute atomic E-state index is 12.5. The first kappa shape index (κ1) is 54.1. The van der Waals surface area contributed by atoms with Gasteiger partial charge in [0.2, 0.25) is 39.0 Å². The van der Waals surface area contributed by atoms with E-state index in [1.54, 1.807) is 0 Å². The quantitative estimate of drug-likeness (QED) is 0.0281. The van der Waals surface area contributed by atoms with E-state index >= 15 is 0 Å². The second kappa shape index (κ2) is 22.0. The first-order chi connectivity index (χ1) is 33.1. The van der Waals surface area contributed by atoms with Crippen molar-refractivity contribution >= 4 is 170 Å². The summed E-state index contributed by atoms with van der Waals surface area (Å²) in [6.45, 7) is 0. The van der Waals surface area contributed by atoms with Crippen molar-refractivity contribution in [2.45, 2.75) is 37.1 Å². The molecule has 39 heteroatoms. The van der Waals surface area contributed by atoms with Crippen LogP contribution in [0, 0.1) is 0 Å². The fraction of sp³-hybridized carbons (Fsp3) is 0.125. The number of nitrogens with one attached hydrogen (secondary N) is 4. The molecule has 0 saturated heterocycles. The van der Waals surface area contributed by atoms with Crippen molar-refractivity contribution in [1.82, 2.24) is 44.9 Å². The van der Waals surface area contributed by atoms with E-state index in [4.69, 9.17) is 52.1 Å². The number of nitrogens with two attached hydrogens (primary N) is 1. The molecule has 71 heavy (non-hydrogen) atoms. The standard InChI is InChI=1S/C32H24Cl4N16O14S5/c33-23-42-24(34)45-29(44-23)40-17(21(53)54)8-67-31-48-28(49-32(50-31)68-9-18(22(55)56)41-30-46-25(35)43-26(36)47-30)38-10-1-2-15(16(4-10)39-27(37)57)52-51-11-3-13-14(19(5-11)70(61,62)63)6-12(69(58,59)60)7-20(13)71(64,65)66/h1-7,17-18H,8-9H2,(H,53,54)(H,55,56)(H3,37,39,57)(H,58,59,60)(H,61,62,63)(H,64,65,66)(H,38,48,49,50)(H,40,42,44,45)(H,41,43,46,47). The summed E-state index contributed by atoms with van der Waals surface area (Å²) < 4.78 is 103. The second-order valence-electron chi connectivity index (χ2n) is 13.2. The number of carboxylic acids is 2. The number of azo groups is 1. The molecular weight excluding hydrogens is 1130 g/mol. The zero-order valence-corrected chi connectivity index (χ0v) is 41.2. The van der Waals surface area contributed by atoms with Gasteiger partial charge < -0.3 is 37.2 Å². The van der Waals surface area contributed by atoms with E-state index in [1.165, 1.54) is 18.2 Å². The van der Waals surface area contributed by atoms with Gasteiger partial charge in [-0.05, 0) is 88.9 Å². The van der Waals surface area contributed by atoms with Crippen molar-refractivity contribution in [3.63, 3.8) is 0 Å². The molecule has 0 fully saturated rings. The first-order valence-electron chi connectivity index (χ1n) is 18.2. The first-order valence-corrected chi connectivity index (χ1v) is 26.0. The van der Waals surface area contributed by atoms with Crippen LogP contribution >= 0.6 is 69.9 Å². The molecule has 0 saturated carbocycles. The summed E-state index contributed by atoms with van der Waals surface area (Å²) >= 11 is 24.8. The summed E-state index contributed by atoms with van der Waals surface area (Å²) in [6, 6.07) is 2.06. The SMILES string of the molecule is NC(=O)Nc1cc(Nc2nc(SCC(Nc3nc(Cl)nc(Cl)n3)C(=O)O)nc(SCC(Nc3nc(Cl)nc(Cl)n3)C(=O)O)n2)ccc1N=Nc1cc(S(=O)(=O)O)c2cc(S(=O)(=O)O)cc(S(=O)(=O)O)c2c1. The van der Waals surface area contributed by atoms with E-state index in [0.29, 0.717) is 18.2 Å². The van der Waals surface area contributed by atoms with E-state index in [0.717, 1.165) is 29.6 Å².